The zero-order valence-electron chi connectivity index (χ0n) is 12.6. The maximum Gasteiger partial charge on any atom is 0.407 e. The Labute approximate surface area is 129 Å². The second kappa shape index (κ2) is 5.51. The number of carbonyl (C=O) groups is 2. The smallest absolute Gasteiger partial charge is 0.407 e. The number of benzene rings is 1. The molecule has 118 valence electrons. The quantitative estimate of drug-likeness (QED) is 0.743. The van der Waals surface area contributed by atoms with Gasteiger partial charge in [-0.3, -0.25) is 0 Å². The maximum atomic E-state index is 11.7. The van der Waals surface area contributed by atoms with E-state index in [1.54, 1.807) is 7.05 Å². The number of amides is 3. The van der Waals surface area contributed by atoms with Crippen molar-refractivity contribution in [1.82, 2.24) is 15.5 Å². The van der Waals surface area contributed by atoms with Gasteiger partial charge in [-0.2, -0.15) is 0 Å². The molecule has 1 aromatic rings. The molecule has 1 saturated heterocycles. The predicted molar refractivity (Wildman–Crippen MR) is 81.9 cm³/mol. The average Bonchev–Trinajstić information content (AvgIpc) is 2.82. The molecule has 1 aromatic carbocycles. The molecule has 6 heteroatoms. The van der Waals surface area contributed by atoms with Crippen molar-refractivity contribution in [2.75, 3.05) is 20.1 Å². The lowest BCUT2D eigenvalue weighted by Gasteiger charge is -2.39. The second-order valence-corrected chi connectivity index (χ2v) is 6.12. The molecule has 0 radical (unpaired) electrons. The van der Waals surface area contributed by atoms with Crippen LogP contribution in [0.1, 0.15) is 36.4 Å². The summed E-state index contributed by atoms with van der Waals surface area (Å²) in [5, 5.41) is 14.7. The number of carbonyl (C=O) groups excluding carboxylic acids is 1. The summed E-state index contributed by atoms with van der Waals surface area (Å²) in [6, 6.07) is 8.01. The van der Waals surface area contributed by atoms with Gasteiger partial charge in [0.25, 0.3) is 0 Å². The third kappa shape index (κ3) is 2.38. The SMILES string of the molecule is CNC(=O)NC1CC2(CCN(C(=O)O)CC2)c2ccccc21. The van der Waals surface area contributed by atoms with Crippen molar-refractivity contribution >= 4 is 12.1 Å². The van der Waals surface area contributed by atoms with E-state index in [1.807, 2.05) is 12.1 Å². The van der Waals surface area contributed by atoms with E-state index in [-0.39, 0.29) is 17.5 Å². The monoisotopic (exact) mass is 303 g/mol. The molecular formula is C16H21N3O3. The number of likely N-dealkylation sites (tertiary alicyclic amines) is 1. The van der Waals surface area contributed by atoms with E-state index in [2.05, 4.69) is 22.8 Å². The Kier molecular flexibility index (Phi) is 3.68. The largest absolute Gasteiger partial charge is 0.465 e. The van der Waals surface area contributed by atoms with Crippen LogP contribution >= 0.6 is 0 Å². The zero-order chi connectivity index (χ0) is 15.7. The molecule has 6 nitrogen and oxygen atoms in total. The minimum absolute atomic E-state index is 0.00692. The second-order valence-electron chi connectivity index (χ2n) is 6.12. The lowest BCUT2D eigenvalue weighted by molar-refractivity contribution is 0.114. The molecular weight excluding hydrogens is 282 g/mol. The number of carboxylic acid groups (broad SMARTS) is 1. The van der Waals surface area contributed by atoms with Gasteiger partial charge >= 0.3 is 12.1 Å². The number of hydrogen-bond acceptors (Lipinski definition) is 2. The van der Waals surface area contributed by atoms with Gasteiger partial charge in [0, 0.05) is 25.6 Å². The van der Waals surface area contributed by atoms with Crippen molar-refractivity contribution in [2.45, 2.75) is 30.7 Å². The molecule has 2 aliphatic rings. The normalized spacial score (nSPS) is 22.2. The molecule has 1 aliphatic carbocycles. The first kappa shape index (κ1) is 14.7. The Morgan fingerprint density at radius 3 is 2.59 bits per heavy atom. The number of nitrogens with zero attached hydrogens (tertiary/aromatic N) is 1. The van der Waals surface area contributed by atoms with Gasteiger partial charge in [-0.1, -0.05) is 24.3 Å². The van der Waals surface area contributed by atoms with Crippen molar-refractivity contribution in [1.29, 1.82) is 0 Å². The molecule has 1 atom stereocenters. The fourth-order valence-corrected chi connectivity index (χ4v) is 3.85. The first-order valence-electron chi connectivity index (χ1n) is 7.61. The number of fused-ring (bicyclic) bond motifs is 2. The summed E-state index contributed by atoms with van der Waals surface area (Å²) in [5.74, 6) is 0. The van der Waals surface area contributed by atoms with E-state index >= 15 is 0 Å². The van der Waals surface area contributed by atoms with Crippen LogP contribution < -0.4 is 10.6 Å². The van der Waals surface area contributed by atoms with Crippen LogP contribution in [0.25, 0.3) is 0 Å². The highest BCUT2D eigenvalue weighted by atomic mass is 16.4. The van der Waals surface area contributed by atoms with E-state index < -0.39 is 6.09 Å². The summed E-state index contributed by atoms with van der Waals surface area (Å²) in [6.45, 7) is 1.10. The van der Waals surface area contributed by atoms with Crippen LogP contribution in [0.5, 0.6) is 0 Å². The van der Waals surface area contributed by atoms with Crippen LogP contribution in [0.3, 0.4) is 0 Å². The van der Waals surface area contributed by atoms with Gasteiger partial charge in [-0.15, -0.1) is 0 Å². The summed E-state index contributed by atoms with van der Waals surface area (Å²) in [7, 11) is 1.61. The van der Waals surface area contributed by atoms with Gasteiger partial charge in [0.2, 0.25) is 0 Å². The molecule has 3 N–H and O–H groups in total. The molecule has 1 fully saturated rings. The molecule has 1 spiro atoms. The highest BCUT2D eigenvalue weighted by Crippen LogP contribution is 2.50. The van der Waals surface area contributed by atoms with Crippen molar-refractivity contribution in [3.05, 3.63) is 35.4 Å². The Bertz CT molecular complexity index is 594. The van der Waals surface area contributed by atoms with Gasteiger partial charge < -0.3 is 20.6 Å². The molecule has 3 amide bonds. The number of rotatable bonds is 1. The van der Waals surface area contributed by atoms with Crippen LogP contribution in [0.4, 0.5) is 9.59 Å². The van der Waals surface area contributed by atoms with Crippen LogP contribution in [-0.2, 0) is 5.41 Å². The number of nitrogens with one attached hydrogen (secondary N) is 2. The fraction of sp³-hybridized carbons (Fsp3) is 0.500. The van der Waals surface area contributed by atoms with E-state index in [0.717, 1.165) is 24.8 Å². The van der Waals surface area contributed by atoms with Gasteiger partial charge in [-0.05, 0) is 30.4 Å². The van der Waals surface area contributed by atoms with Gasteiger partial charge in [-0.25, -0.2) is 9.59 Å². The number of piperidine rings is 1. The molecule has 0 aromatic heterocycles. The molecule has 1 heterocycles. The number of hydrogen-bond donors (Lipinski definition) is 3. The van der Waals surface area contributed by atoms with Crippen LogP contribution in [-0.4, -0.2) is 42.3 Å². The fourth-order valence-electron chi connectivity index (χ4n) is 3.85. The van der Waals surface area contributed by atoms with E-state index in [1.165, 1.54) is 10.5 Å². The summed E-state index contributed by atoms with van der Waals surface area (Å²) >= 11 is 0. The third-order valence-electron chi connectivity index (χ3n) is 5.03. The van der Waals surface area contributed by atoms with Crippen LogP contribution in [0, 0.1) is 0 Å². The molecule has 0 bridgehead atoms. The third-order valence-corrected chi connectivity index (χ3v) is 5.03. The average molecular weight is 303 g/mol. The highest BCUT2D eigenvalue weighted by molar-refractivity contribution is 5.74. The van der Waals surface area contributed by atoms with E-state index in [4.69, 9.17) is 5.11 Å². The summed E-state index contributed by atoms with van der Waals surface area (Å²) < 4.78 is 0. The Morgan fingerprint density at radius 1 is 1.27 bits per heavy atom. The maximum absolute atomic E-state index is 11.7. The minimum Gasteiger partial charge on any atom is -0.465 e. The molecule has 3 rings (SSSR count). The molecule has 1 unspecified atom stereocenters. The summed E-state index contributed by atoms with van der Waals surface area (Å²) in [6.07, 6.45) is 1.61. The van der Waals surface area contributed by atoms with Gasteiger partial charge in [0.1, 0.15) is 0 Å². The molecule has 1 aliphatic heterocycles. The van der Waals surface area contributed by atoms with E-state index in [9.17, 15) is 9.59 Å². The predicted octanol–water partition coefficient (Wildman–Crippen LogP) is 2.07. The van der Waals surface area contributed by atoms with Gasteiger partial charge in [0.15, 0.2) is 0 Å². The van der Waals surface area contributed by atoms with Crippen molar-refractivity contribution in [3.8, 4) is 0 Å². The zero-order valence-corrected chi connectivity index (χ0v) is 12.6. The Balaban J connectivity index is 1.85. The number of urea groups is 1. The lowest BCUT2D eigenvalue weighted by atomic mass is 9.74. The van der Waals surface area contributed by atoms with E-state index in [0.29, 0.717) is 13.1 Å². The first-order valence-corrected chi connectivity index (χ1v) is 7.61. The first-order chi connectivity index (χ1) is 10.6. The topological polar surface area (TPSA) is 81.7 Å². The lowest BCUT2D eigenvalue weighted by Crippen LogP contribution is -2.44. The summed E-state index contributed by atoms with van der Waals surface area (Å²) in [4.78, 5) is 24.3. The highest BCUT2D eigenvalue weighted by Gasteiger charge is 2.46. The molecule has 0 saturated carbocycles. The van der Waals surface area contributed by atoms with Crippen molar-refractivity contribution in [2.24, 2.45) is 0 Å². The van der Waals surface area contributed by atoms with Crippen molar-refractivity contribution in [3.63, 3.8) is 0 Å². The summed E-state index contributed by atoms with van der Waals surface area (Å²) in [5.41, 5.74) is 2.41. The minimum atomic E-state index is -0.846. The molecule has 22 heavy (non-hydrogen) atoms. The Hall–Kier alpha value is -2.24. The Morgan fingerprint density at radius 2 is 1.95 bits per heavy atom. The standard InChI is InChI=1S/C16H21N3O3/c1-17-14(20)18-13-10-16(12-5-3-2-4-11(12)13)6-8-19(9-7-16)15(21)22/h2-5,13H,6-10H2,1H3,(H,21,22)(H2,17,18,20). The van der Waals surface area contributed by atoms with Gasteiger partial charge in [0.05, 0.1) is 6.04 Å². The van der Waals surface area contributed by atoms with Crippen molar-refractivity contribution < 1.29 is 14.7 Å². The van der Waals surface area contributed by atoms with Crippen LogP contribution in [0.2, 0.25) is 0 Å². The van der Waals surface area contributed by atoms with Crippen LogP contribution in [0.15, 0.2) is 24.3 Å².